The molecule has 2 heterocycles. The Morgan fingerprint density at radius 3 is 2.83 bits per heavy atom. The number of hydrogen-bond donors (Lipinski definition) is 2. The molecule has 3 atom stereocenters. The number of nitrogens with one attached hydrogen (secondary N) is 1. The standard InChI is InChI=1S/C12H20N2O4/c1-18-9-5-10(13-6-9)11(15)14-4-2-3-8(7-14)12(16)17/h8-10,13H,2-7H2,1H3,(H,16,17)/t8-,9?,10?/m1/s1. The van der Waals surface area contributed by atoms with E-state index in [4.69, 9.17) is 9.84 Å². The van der Waals surface area contributed by atoms with Crippen molar-refractivity contribution in [3.05, 3.63) is 0 Å². The third-order valence-corrected chi connectivity index (χ3v) is 3.80. The average Bonchev–Trinajstić information content (AvgIpc) is 2.86. The molecule has 2 aliphatic heterocycles. The summed E-state index contributed by atoms with van der Waals surface area (Å²) in [5, 5.41) is 12.1. The zero-order valence-corrected chi connectivity index (χ0v) is 10.6. The van der Waals surface area contributed by atoms with Gasteiger partial charge in [-0.3, -0.25) is 9.59 Å². The van der Waals surface area contributed by atoms with Gasteiger partial charge < -0.3 is 20.1 Å². The molecule has 0 saturated carbocycles. The molecule has 1 amide bonds. The Morgan fingerprint density at radius 2 is 2.22 bits per heavy atom. The van der Waals surface area contributed by atoms with Crippen LogP contribution >= 0.6 is 0 Å². The van der Waals surface area contributed by atoms with Crippen molar-refractivity contribution in [2.24, 2.45) is 5.92 Å². The van der Waals surface area contributed by atoms with Gasteiger partial charge in [-0.2, -0.15) is 0 Å². The second-order valence-corrected chi connectivity index (χ2v) is 5.02. The summed E-state index contributed by atoms with van der Waals surface area (Å²) in [6.45, 7) is 1.69. The topological polar surface area (TPSA) is 78.9 Å². The van der Waals surface area contributed by atoms with E-state index in [-0.39, 0.29) is 18.1 Å². The van der Waals surface area contributed by atoms with Gasteiger partial charge in [-0.25, -0.2) is 0 Å². The van der Waals surface area contributed by atoms with Gasteiger partial charge in [0.1, 0.15) is 0 Å². The molecule has 0 aromatic heterocycles. The van der Waals surface area contributed by atoms with Crippen LogP contribution < -0.4 is 5.32 Å². The molecule has 0 aromatic rings. The van der Waals surface area contributed by atoms with Crippen LogP contribution in [-0.4, -0.2) is 60.8 Å². The molecule has 0 aliphatic carbocycles. The van der Waals surface area contributed by atoms with Crippen LogP contribution in [0.2, 0.25) is 0 Å². The summed E-state index contributed by atoms with van der Waals surface area (Å²) in [7, 11) is 1.64. The summed E-state index contributed by atoms with van der Waals surface area (Å²) in [6.07, 6.45) is 2.18. The SMILES string of the molecule is COC1CNC(C(=O)N2CCC[C@@H](C(=O)O)C2)C1. The Balaban J connectivity index is 1.91. The van der Waals surface area contributed by atoms with Gasteiger partial charge in [0.15, 0.2) is 0 Å². The summed E-state index contributed by atoms with van der Waals surface area (Å²) in [5.41, 5.74) is 0. The molecule has 2 rings (SSSR count). The lowest BCUT2D eigenvalue weighted by molar-refractivity contribution is -0.146. The lowest BCUT2D eigenvalue weighted by Gasteiger charge is -2.32. The molecule has 0 bridgehead atoms. The molecule has 102 valence electrons. The van der Waals surface area contributed by atoms with Gasteiger partial charge >= 0.3 is 5.97 Å². The molecule has 6 nitrogen and oxygen atoms in total. The zero-order valence-electron chi connectivity index (χ0n) is 10.6. The molecule has 2 saturated heterocycles. The van der Waals surface area contributed by atoms with Crippen molar-refractivity contribution >= 4 is 11.9 Å². The van der Waals surface area contributed by atoms with Crippen molar-refractivity contribution in [2.45, 2.75) is 31.4 Å². The van der Waals surface area contributed by atoms with Gasteiger partial charge in [-0.15, -0.1) is 0 Å². The van der Waals surface area contributed by atoms with Gasteiger partial charge in [0.2, 0.25) is 5.91 Å². The first-order valence-corrected chi connectivity index (χ1v) is 6.39. The fourth-order valence-electron chi connectivity index (χ4n) is 2.67. The Labute approximate surface area is 106 Å². The third kappa shape index (κ3) is 2.81. The number of aliphatic carboxylic acids is 1. The minimum atomic E-state index is -0.804. The molecule has 0 radical (unpaired) electrons. The Hall–Kier alpha value is -1.14. The Kier molecular flexibility index (Phi) is 4.19. The van der Waals surface area contributed by atoms with E-state index in [9.17, 15) is 9.59 Å². The van der Waals surface area contributed by atoms with Crippen molar-refractivity contribution < 1.29 is 19.4 Å². The average molecular weight is 256 g/mol. The number of nitrogens with zero attached hydrogens (tertiary/aromatic N) is 1. The first kappa shape index (κ1) is 13.3. The number of ether oxygens (including phenoxy) is 1. The number of carboxylic acids is 1. The molecule has 0 aromatic carbocycles. The van der Waals surface area contributed by atoms with Crippen molar-refractivity contribution in [1.82, 2.24) is 10.2 Å². The minimum absolute atomic E-state index is 0.0144. The maximum absolute atomic E-state index is 12.2. The highest BCUT2D eigenvalue weighted by Crippen LogP contribution is 2.19. The number of methoxy groups -OCH3 is 1. The van der Waals surface area contributed by atoms with E-state index < -0.39 is 11.9 Å². The first-order valence-electron chi connectivity index (χ1n) is 6.39. The predicted molar refractivity (Wildman–Crippen MR) is 64.1 cm³/mol. The van der Waals surface area contributed by atoms with Crippen molar-refractivity contribution in [3.63, 3.8) is 0 Å². The minimum Gasteiger partial charge on any atom is -0.481 e. The number of amides is 1. The predicted octanol–water partition coefficient (Wildman–Crippen LogP) is -0.313. The molecule has 0 spiro atoms. The second-order valence-electron chi connectivity index (χ2n) is 5.02. The number of carbonyl (C=O) groups is 2. The summed E-state index contributed by atoms with van der Waals surface area (Å²) < 4.78 is 5.21. The monoisotopic (exact) mass is 256 g/mol. The van der Waals surface area contributed by atoms with Crippen LogP contribution in [0.4, 0.5) is 0 Å². The van der Waals surface area contributed by atoms with Crippen LogP contribution in [0.1, 0.15) is 19.3 Å². The molecular weight excluding hydrogens is 236 g/mol. The van der Waals surface area contributed by atoms with E-state index in [1.807, 2.05) is 0 Å². The molecule has 18 heavy (non-hydrogen) atoms. The first-order chi connectivity index (χ1) is 8.61. The van der Waals surface area contributed by atoms with E-state index >= 15 is 0 Å². The van der Waals surface area contributed by atoms with Gasteiger partial charge in [0.25, 0.3) is 0 Å². The van der Waals surface area contributed by atoms with Crippen molar-refractivity contribution in [1.29, 1.82) is 0 Å². The molecule has 6 heteroatoms. The maximum Gasteiger partial charge on any atom is 0.308 e. The number of piperidine rings is 1. The van der Waals surface area contributed by atoms with Gasteiger partial charge in [-0.05, 0) is 19.3 Å². The van der Waals surface area contributed by atoms with Gasteiger partial charge in [0.05, 0.1) is 18.1 Å². The van der Waals surface area contributed by atoms with E-state index in [0.29, 0.717) is 32.5 Å². The van der Waals surface area contributed by atoms with Gasteiger partial charge in [0, 0.05) is 26.7 Å². The van der Waals surface area contributed by atoms with E-state index in [0.717, 1.165) is 6.42 Å². The molecule has 2 fully saturated rings. The van der Waals surface area contributed by atoms with E-state index in [1.54, 1.807) is 12.0 Å². The number of likely N-dealkylation sites (tertiary alicyclic amines) is 1. The highest BCUT2D eigenvalue weighted by atomic mass is 16.5. The van der Waals surface area contributed by atoms with Gasteiger partial charge in [-0.1, -0.05) is 0 Å². The third-order valence-electron chi connectivity index (χ3n) is 3.80. The van der Waals surface area contributed by atoms with E-state index in [2.05, 4.69) is 5.32 Å². The number of rotatable bonds is 3. The Morgan fingerprint density at radius 1 is 1.44 bits per heavy atom. The number of carboxylic acid groups (broad SMARTS) is 1. The number of hydrogen-bond acceptors (Lipinski definition) is 4. The van der Waals surface area contributed by atoms with Crippen LogP contribution in [0.25, 0.3) is 0 Å². The summed E-state index contributed by atoms with van der Waals surface area (Å²) in [5.74, 6) is -1.20. The summed E-state index contributed by atoms with van der Waals surface area (Å²) >= 11 is 0. The fraction of sp³-hybridized carbons (Fsp3) is 0.833. The van der Waals surface area contributed by atoms with E-state index in [1.165, 1.54) is 0 Å². The lowest BCUT2D eigenvalue weighted by atomic mass is 9.97. The quantitative estimate of drug-likeness (QED) is 0.724. The fourth-order valence-corrected chi connectivity index (χ4v) is 2.67. The highest BCUT2D eigenvalue weighted by molar-refractivity contribution is 5.83. The van der Waals surface area contributed by atoms with Crippen molar-refractivity contribution in [3.8, 4) is 0 Å². The number of carbonyl (C=O) groups excluding carboxylic acids is 1. The Bertz CT molecular complexity index is 334. The molecular formula is C12H20N2O4. The smallest absolute Gasteiger partial charge is 0.308 e. The largest absolute Gasteiger partial charge is 0.481 e. The summed E-state index contributed by atoms with van der Waals surface area (Å²) in [6, 6.07) is -0.220. The normalized spacial score (nSPS) is 32.5. The van der Waals surface area contributed by atoms with Crippen LogP contribution in [0, 0.1) is 5.92 Å². The lowest BCUT2D eigenvalue weighted by Crippen LogP contribution is -2.49. The highest BCUT2D eigenvalue weighted by Gasteiger charge is 2.35. The molecule has 2 N–H and O–H groups in total. The van der Waals surface area contributed by atoms with Crippen LogP contribution in [0.5, 0.6) is 0 Å². The molecule has 2 aliphatic rings. The van der Waals surface area contributed by atoms with Crippen LogP contribution in [0.15, 0.2) is 0 Å². The van der Waals surface area contributed by atoms with Crippen LogP contribution in [-0.2, 0) is 14.3 Å². The maximum atomic E-state index is 12.2. The van der Waals surface area contributed by atoms with Crippen LogP contribution in [0.3, 0.4) is 0 Å². The zero-order chi connectivity index (χ0) is 13.1. The van der Waals surface area contributed by atoms with Crippen molar-refractivity contribution in [2.75, 3.05) is 26.7 Å². The molecule has 2 unspecified atom stereocenters. The summed E-state index contributed by atoms with van der Waals surface area (Å²) in [4.78, 5) is 24.9. The second kappa shape index (κ2) is 5.67.